The van der Waals surface area contributed by atoms with Crippen molar-refractivity contribution in [2.45, 2.75) is 33.7 Å². The lowest BCUT2D eigenvalue weighted by atomic mass is 10.3. The van der Waals surface area contributed by atoms with E-state index in [2.05, 4.69) is 40.8 Å². The van der Waals surface area contributed by atoms with Crippen LogP contribution in [-0.4, -0.2) is 37.8 Å². The van der Waals surface area contributed by atoms with E-state index in [1.54, 1.807) is 6.20 Å². The third kappa shape index (κ3) is 3.04. The fourth-order valence-electron chi connectivity index (χ4n) is 1.99. The van der Waals surface area contributed by atoms with Crippen molar-refractivity contribution in [2.75, 3.05) is 23.7 Å². The van der Waals surface area contributed by atoms with Crippen LogP contribution < -0.4 is 10.6 Å². The number of nitrogens with two attached hydrogens (primary N) is 1. The Morgan fingerprint density at radius 2 is 1.90 bits per heavy atom. The van der Waals surface area contributed by atoms with E-state index in [9.17, 15) is 0 Å². The molecule has 0 radical (unpaired) electrons. The van der Waals surface area contributed by atoms with E-state index >= 15 is 0 Å². The van der Waals surface area contributed by atoms with E-state index in [1.165, 1.54) is 0 Å². The zero-order valence-electron chi connectivity index (χ0n) is 12.2. The van der Waals surface area contributed by atoms with Crippen molar-refractivity contribution in [3.8, 4) is 11.4 Å². The molecular weight excluding hydrogens is 254 g/mol. The van der Waals surface area contributed by atoms with Crippen LogP contribution in [0.2, 0.25) is 0 Å². The van der Waals surface area contributed by atoms with Crippen LogP contribution in [-0.2, 0) is 6.54 Å². The Kier molecular flexibility index (Phi) is 4.49. The summed E-state index contributed by atoms with van der Waals surface area (Å²) in [6.07, 6.45) is 4.73. The molecule has 7 heteroatoms. The van der Waals surface area contributed by atoms with Gasteiger partial charge in [0.25, 0.3) is 0 Å². The zero-order chi connectivity index (χ0) is 14.5. The highest BCUT2D eigenvalue weighted by molar-refractivity contribution is 5.55. The topological polar surface area (TPSA) is 85.8 Å². The van der Waals surface area contributed by atoms with E-state index in [1.807, 2.05) is 15.8 Å². The Morgan fingerprint density at radius 3 is 2.55 bits per heavy atom. The van der Waals surface area contributed by atoms with Gasteiger partial charge in [0.1, 0.15) is 0 Å². The van der Waals surface area contributed by atoms with Gasteiger partial charge in [-0.2, -0.15) is 20.1 Å². The molecule has 0 aliphatic rings. The van der Waals surface area contributed by atoms with Gasteiger partial charge in [-0.15, -0.1) is 0 Å². The van der Waals surface area contributed by atoms with Crippen LogP contribution in [0.25, 0.3) is 11.4 Å². The molecule has 20 heavy (non-hydrogen) atoms. The van der Waals surface area contributed by atoms with Crippen molar-refractivity contribution in [1.82, 2.24) is 24.7 Å². The highest BCUT2D eigenvalue weighted by atomic mass is 15.3. The van der Waals surface area contributed by atoms with Crippen molar-refractivity contribution in [3.05, 3.63) is 12.4 Å². The maximum atomic E-state index is 5.79. The van der Waals surface area contributed by atoms with E-state index < -0.39 is 0 Å². The molecule has 0 fully saturated rings. The molecule has 0 saturated heterocycles. The maximum absolute atomic E-state index is 5.79. The van der Waals surface area contributed by atoms with Crippen LogP contribution in [0.15, 0.2) is 12.4 Å². The van der Waals surface area contributed by atoms with Crippen molar-refractivity contribution in [1.29, 1.82) is 0 Å². The number of rotatable bonds is 6. The minimum Gasteiger partial charge on any atom is -0.368 e. The van der Waals surface area contributed by atoms with Crippen LogP contribution >= 0.6 is 0 Å². The molecule has 2 aromatic rings. The molecule has 7 nitrogen and oxygen atoms in total. The number of nitrogen functional groups attached to an aromatic ring is 1. The molecule has 0 saturated carbocycles. The van der Waals surface area contributed by atoms with Crippen molar-refractivity contribution >= 4 is 11.9 Å². The second-order valence-corrected chi connectivity index (χ2v) is 4.48. The number of aryl methyl sites for hydroxylation is 1. The second-order valence-electron chi connectivity index (χ2n) is 4.48. The monoisotopic (exact) mass is 275 g/mol. The molecule has 0 bridgehead atoms. The smallest absolute Gasteiger partial charge is 0.230 e. The Labute approximate surface area is 118 Å². The molecule has 0 spiro atoms. The molecule has 2 heterocycles. The average Bonchev–Trinajstić information content (AvgIpc) is 2.89. The molecule has 0 atom stereocenters. The molecule has 0 aliphatic heterocycles. The molecule has 0 aliphatic carbocycles. The zero-order valence-corrected chi connectivity index (χ0v) is 12.2. The van der Waals surface area contributed by atoms with Crippen LogP contribution in [0.5, 0.6) is 0 Å². The van der Waals surface area contributed by atoms with Gasteiger partial charge in [0.15, 0.2) is 5.82 Å². The summed E-state index contributed by atoms with van der Waals surface area (Å²) in [6.45, 7) is 8.76. The lowest BCUT2D eigenvalue weighted by Crippen LogP contribution is -2.25. The molecular formula is C13H21N7. The summed E-state index contributed by atoms with van der Waals surface area (Å²) in [6, 6.07) is 0. The molecule has 2 N–H and O–H groups in total. The first-order valence-electron chi connectivity index (χ1n) is 6.97. The number of aromatic nitrogens is 5. The number of anilines is 2. The molecule has 2 rings (SSSR count). The lowest BCUT2D eigenvalue weighted by Gasteiger charge is -2.18. The summed E-state index contributed by atoms with van der Waals surface area (Å²) < 4.78 is 1.88. The average molecular weight is 275 g/mol. The highest BCUT2D eigenvalue weighted by Crippen LogP contribution is 2.18. The minimum absolute atomic E-state index is 0.236. The van der Waals surface area contributed by atoms with Gasteiger partial charge in [-0.25, -0.2) is 0 Å². The minimum atomic E-state index is 0.236. The lowest BCUT2D eigenvalue weighted by molar-refractivity contribution is 0.603. The third-order valence-corrected chi connectivity index (χ3v) is 3.03. The first-order chi connectivity index (χ1) is 9.67. The molecule has 0 aromatic carbocycles. The fourth-order valence-corrected chi connectivity index (χ4v) is 1.99. The van der Waals surface area contributed by atoms with Crippen LogP contribution in [0.1, 0.15) is 27.2 Å². The third-order valence-electron chi connectivity index (χ3n) is 3.03. The van der Waals surface area contributed by atoms with Gasteiger partial charge in [-0.05, 0) is 20.3 Å². The van der Waals surface area contributed by atoms with E-state index in [0.29, 0.717) is 11.8 Å². The quantitative estimate of drug-likeness (QED) is 0.861. The van der Waals surface area contributed by atoms with Crippen molar-refractivity contribution < 1.29 is 0 Å². The predicted octanol–water partition coefficient (Wildman–Crippen LogP) is 1.57. The molecule has 108 valence electrons. The summed E-state index contributed by atoms with van der Waals surface area (Å²) in [5.74, 6) is 1.42. The standard InChI is InChI=1S/C13H21N7/c1-4-7-20-9-10(8-15-20)11-16-12(14)18-13(17-11)19(5-2)6-3/h8-9H,4-7H2,1-3H3,(H2,14,16,17,18). The predicted molar refractivity (Wildman–Crippen MR) is 79.3 cm³/mol. The Morgan fingerprint density at radius 1 is 1.15 bits per heavy atom. The second kappa shape index (κ2) is 6.31. The first kappa shape index (κ1) is 14.2. The van der Waals surface area contributed by atoms with E-state index in [4.69, 9.17) is 5.73 Å². The van der Waals surface area contributed by atoms with Gasteiger partial charge in [0.2, 0.25) is 11.9 Å². The van der Waals surface area contributed by atoms with Gasteiger partial charge in [-0.3, -0.25) is 4.68 Å². The van der Waals surface area contributed by atoms with Crippen molar-refractivity contribution in [2.24, 2.45) is 0 Å². The Balaban J connectivity index is 2.35. The normalized spacial score (nSPS) is 10.8. The van der Waals surface area contributed by atoms with Crippen LogP contribution in [0.4, 0.5) is 11.9 Å². The van der Waals surface area contributed by atoms with E-state index in [0.717, 1.165) is 31.6 Å². The van der Waals surface area contributed by atoms with Crippen LogP contribution in [0, 0.1) is 0 Å². The molecule has 0 amide bonds. The number of hydrogen-bond donors (Lipinski definition) is 1. The summed E-state index contributed by atoms with van der Waals surface area (Å²) in [5.41, 5.74) is 6.66. The van der Waals surface area contributed by atoms with Gasteiger partial charge < -0.3 is 10.6 Å². The number of nitrogens with zero attached hydrogens (tertiary/aromatic N) is 6. The first-order valence-corrected chi connectivity index (χ1v) is 6.97. The highest BCUT2D eigenvalue weighted by Gasteiger charge is 2.12. The van der Waals surface area contributed by atoms with Crippen molar-refractivity contribution in [3.63, 3.8) is 0 Å². The summed E-state index contributed by atoms with van der Waals surface area (Å²) in [5, 5.41) is 4.29. The largest absolute Gasteiger partial charge is 0.368 e. The fraction of sp³-hybridized carbons (Fsp3) is 0.538. The SMILES string of the molecule is CCCn1cc(-c2nc(N)nc(N(CC)CC)n2)cn1. The van der Waals surface area contributed by atoms with Gasteiger partial charge in [0.05, 0.1) is 11.8 Å². The Bertz CT molecular complexity index is 560. The Hall–Kier alpha value is -2.18. The van der Waals surface area contributed by atoms with Gasteiger partial charge in [0, 0.05) is 25.8 Å². The van der Waals surface area contributed by atoms with E-state index in [-0.39, 0.29) is 5.95 Å². The van der Waals surface area contributed by atoms with Gasteiger partial charge in [-0.1, -0.05) is 6.92 Å². The number of hydrogen-bond acceptors (Lipinski definition) is 6. The summed E-state index contributed by atoms with van der Waals surface area (Å²) in [4.78, 5) is 14.9. The maximum Gasteiger partial charge on any atom is 0.230 e. The summed E-state index contributed by atoms with van der Waals surface area (Å²) >= 11 is 0. The van der Waals surface area contributed by atoms with Crippen LogP contribution in [0.3, 0.4) is 0 Å². The molecule has 0 unspecified atom stereocenters. The molecule has 2 aromatic heterocycles. The van der Waals surface area contributed by atoms with Gasteiger partial charge >= 0.3 is 0 Å². The summed E-state index contributed by atoms with van der Waals surface area (Å²) in [7, 11) is 0.